The molecule has 0 saturated carbocycles. The first-order chi connectivity index (χ1) is 9.01. The van der Waals surface area contributed by atoms with Gasteiger partial charge in [-0.3, -0.25) is 4.79 Å². The topological polar surface area (TPSA) is 89.3 Å². The number of hydrogen-bond acceptors (Lipinski definition) is 4. The Kier molecular flexibility index (Phi) is 4.64. The molecule has 3 N–H and O–H groups in total. The number of nitrogen functional groups attached to an aromatic ring is 1. The fourth-order valence-corrected chi connectivity index (χ4v) is 2.75. The van der Waals surface area contributed by atoms with Crippen LogP contribution in [0.2, 0.25) is 0 Å². The molecular weight excluding hydrogens is 297 g/mol. The minimum absolute atomic E-state index is 0.0476. The first-order valence-electron chi connectivity index (χ1n) is 5.43. The molecule has 0 unspecified atom stereocenters. The number of carbonyl (C=O) groups is 1. The lowest BCUT2D eigenvalue weighted by atomic mass is 10.2. The molecule has 0 aliphatic heterocycles. The SMILES string of the molecule is Cc1ccc(S(=O)(=O)CC(=O)NCC(F)(F)F)c(N)c1. The zero-order valence-corrected chi connectivity index (χ0v) is 11.3. The van der Waals surface area contributed by atoms with Crippen molar-refractivity contribution in [3.8, 4) is 0 Å². The third kappa shape index (κ3) is 4.72. The third-order valence-corrected chi connectivity index (χ3v) is 3.99. The number of nitrogens with two attached hydrogens (primary N) is 1. The van der Waals surface area contributed by atoms with Crippen LogP contribution in [0, 0.1) is 6.92 Å². The molecule has 0 aliphatic rings. The number of hydrogen-bond donors (Lipinski definition) is 2. The lowest BCUT2D eigenvalue weighted by Gasteiger charge is -2.10. The number of rotatable bonds is 4. The minimum Gasteiger partial charge on any atom is -0.398 e. The van der Waals surface area contributed by atoms with Crippen LogP contribution < -0.4 is 11.1 Å². The van der Waals surface area contributed by atoms with E-state index in [0.717, 1.165) is 5.56 Å². The standard InChI is InChI=1S/C11H13F3N2O3S/c1-7-2-3-9(8(15)4-7)20(18,19)5-10(17)16-6-11(12,13)14/h2-4H,5-6,15H2,1H3,(H,16,17). The van der Waals surface area contributed by atoms with Crippen molar-refractivity contribution in [2.75, 3.05) is 18.0 Å². The van der Waals surface area contributed by atoms with Crippen LogP contribution >= 0.6 is 0 Å². The molecule has 9 heteroatoms. The van der Waals surface area contributed by atoms with Crippen molar-refractivity contribution >= 4 is 21.4 Å². The number of carbonyl (C=O) groups excluding carboxylic acids is 1. The molecule has 0 fully saturated rings. The van der Waals surface area contributed by atoms with Gasteiger partial charge in [0.25, 0.3) is 0 Å². The number of aryl methyl sites for hydroxylation is 1. The predicted molar refractivity (Wildman–Crippen MR) is 66.7 cm³/mol. The van der Waals surface area contributed by atoms with Gasteiger partial charge < -0.3 is 11.1 Å². The molecule has 1 rings (SSSR count). The van der Waals surface area contributed by atoms with Gasteiger partial charge in [-0.2, -0.15) is 13.2 Å². The van der Waals surface area contributed by atoms with Crippen molar-refractivity contribution in [1.82, 2.24) is 5.32 Å². The maximum atomic E-state index is 11.9. The van der Waals surface area contributed by atoms with E-state index < -0.39 is 34.2 Å². The summed E-state index contributed by atoms with van der Waals surface area (Å²) in [7, 11) is -4.08. The van der Waals surface area contributed by atoms with Gasteiger partial charge in [-0.1, -0.05) is 6.07 Å². The quantitative estimate of drug-likeness (QED) is 0.813. The lowest BCUT2D eigenvalue weighted by molar-refractivity contribution is -0.137. The first-order valence-corrected chi connectivity index (χ1v) is 7.09. The van der Waals surface area contributed by atoms with Crippen LogP contribution in [0.25, 0.3) is 0 Å². The molecule has 112 valence electrons. The van der Waals surface area contributed by atoms with E-state index in [2.05, 4.69) is 0 Å². The number of alkyl halides is 3. The second kappa shape index (κ2) is 5.70. The molecular formula is C11H13F3N2O3S. The second-order valence-electron chi connectivity index (χ2n) is 4.19. The molecule has 0 heterocycles. The molecule has 1 aromatic rings. The molecule has 5 nitrogen and oxygen atoms in total. The maximum Gasteiger partial charge on any atom is 0.405 e. The van der Waals surface area contributed by atoms with Crippen LogP contribution in [0.5, 0.6) is 0 Å². The summed E-state index contributed by atoms with van der Waals surface area (Å²) in [6, 6.07) is 4.11. The van der Waals surface area contributed by atoms with E-state index in [1.54, 1.807) is 6.92 Å². The Morgan fingerprint density at radius 1 is 1.35 bits per heavy atom. The van der Waals surface area contributed by atoms with Crippen molar-refractivity contribution in [2.24, 2.45) is 0 Å². The molecule has 0 atom stereocenters. The summed E-state index contributed by atoms with van der Waals surface area (Å²) in [6.07, 6.45) is -4.59. The highest BCUT2D eigenvalue weighted by molar-refractivity contribution is 7.92. The van der Waals surface area contributed by atoms with Crippen molar-refractivity contribution in [2.45, 2.75) is 18.0 Å². The van der Waals surface area contributed by atoms with E-state index in [-0.39, 0.29) is 10.6 Å². The van der Waals surface area contributed by atoms with Crippen LogP contribution in [0.15, 0.2) is 23.1 Å². The van der Waals surface area contributed by atoms with Crippen LogP contribution in [0.1, 0.15) is 5.56 Å². The predicted octanol–water partition coefficient (Wildman–Crippen LogP) is 1.03. The van der Waals surface area contributed by atoms with Gasteiger partial charge >= 0.3 is 6.18 Å². The summed E-state index contributed by atoms with van der Waals surface area (Å²) in [6.45, 7) is 0.119. The normalized spacial score (nSPS) is 12.2. The van der Waals surface area contributed by atoms with Crippen molar-refractivity contribution < 1.29 is 26.4 Å². The summed E-state index contributed by atoms with van der Waals surface area (Å²) in [5, 5.41) is 1.50. The van der Waals surface area contributed by atoms with Crippen molar-refractivity contribution in [1.29, 1.82) is 0 Å². The molecule has 20 heavy (non-hydrogen) atoms. The van der Waals surface area contributed by atoms with E-state index in [1.807, 2.05) is 0 Å². The Balaban J connectivity index is 2.82. The van der Waals surface area contributed by atoms with E-state index >= 15 is 0 Å². The summed E-state index contributed by atoms with van der Waals surface area (Å²) in [5.74, 6) is -2.32. The monoisotopic (exact) mass is 310 g/mol. The van der Waals surface area contributed by atoms with Gasteiger partial charge in [0.15, 0.2) is 9.84 Å². The summed E-state index contributed by atoms with van der Waals surface area (Å²) < 4.78 is 59.4. The van der Waals surface area contributed by atoms with E-state index in [1.165, 1.54) is 23.5 Å². The highest BCUT2D eigenvalue weighted by Crippen LogP contribution is 2.20. The smallest absolute Gasteiger partial charge is 0.398 e. The molecule has 0 saturated heterocycles. The van der Waals surface area contributed by atoms with Crippen molar-refractivity contribution in [3.63, 3.8) is 0 Å². The number of sulfone groups is 1. The van der Waals surface area contributed by atoms with Crippen LogP contribution in [0.4, 0.5) is 18.9 Å². The Bertz CT molecular complexity index is 612. The van der Waals surface area contributed by atoms with Crippen molar-refractivity contribution in [3.05, 3.63) is 23.8 Å². The fraction of sp³-hybridized carbons (Fsp3) is 0.364. The number of halogens is 3. The molecule has 0 radical (unpaired) electrons. The largest absolute Gasteiger partial charge is 0.405 e. The molecule has 1 aromatic carbocycles. The van der Waals surface area contributed by atoms with Gasteiger partial charge in [0, 0.05) is 0 Å². The zero-order chi connectivity index (χ0) is 15.6. The van der Waals surface area contributed by atoms with Crippen LogP contribution in [-0.2, 0) is 14.6 Å². The lowest BCUT2D eigenvalue weighted by Crippen LogP contribution is -2.37. The molecule has 0 bridgehead atoms. The average Bonchev–Trinajstić information content (AvgIpc) is 2.24. The van der Waals surface area contributed by atoms with Crippen LogP contribution in [-0.4, -0.2) is 32.8 Å². The van der Waals surface area contributed by atoms with Gasteiger partial charge in [0.1, 0.15) is 12.3 Å². The summed E-state index contributed by atoms with van der Waals surface area (Å²) >= 11 is 0. The number of anilines is 1. The summed E-state index contributed by atoms with van der Waals surface area (Å²) in [5.41, 5.74) is 6.21. The second-order valence-corrected chi connectivity index (χ2v) is 6.15. The van der Waals surface area contributed by atoms with Gasteiger partial charge in [-0.15, -0.1) is 0 Å². The van der Waals surface area contributed by atoms with Crippen LogP contribution in [0.3, 0.4) is 0 Å². The maximum absolute atomic E-state index is 11.9. The average molecular weight is 310 g/mol. The minimum atomic E-state index is -4.59. The van der Waals surface area contributed by atoms with Gasteiger partial charge in [-0.25, -0.2) is 8.42 Å². The highest BCUT2D eigenvalue weighted by Gasteiger charge is 2.29. The first kappa shape index (κ1) is 16.3. The number of nitrogens with one attached hydrogen (secondary N) is 1. The molecule has 0 aromatic heterocycles. The Morgan fingerprint density at radius 2 is 1.95 bits per heavy atom. The highest BCUT2D eigenvalue weighted by atomic mass is 32.2. The fourth-order valence-electron chi connectivity index (χ4n) is 1.45. The number of benzene rings is 1. The van der Waals surface area contributed by atoms with Gasteiger partial charge in [0.2, 0.25) is 5.91 Å². The molecule has 0 spiro atoms. The van der Waals surface area contributed by atoms with Gasteiger partial charge in [0.05, 0.1) is 10.6 Å². The molecule has 0 aliphatic carbocycles. The van der Waals surface area contributed by atoms with E-state index in [4.69, 9.17) is 5.73 Å². The van der Waals surface area contributed by atoms with Gasteiger partial charge in [-0.05, 0) is 24.6 Å². The third-order valence-electron chi connectivity index (χ3n) is 2.31. The molecule has 1 amide bonds. The zero-order valence-electron chi connectivity index (χ0n) is 10.5. The Labute approximate surface area is 113 Å². The van der Waals surface area contributed by atoms with E-state index in [9.17, 15) is 26.4 Å². The Hall–Kier alpha value is -1.77. The van der Waals surface area contributed by atoms with E-state index in [0.29, 0.717) is 0 Å². The Morgan fingerprint density at radius 3 is 2.45 bits per heavy atom. The number of amides is 1. The summed E-state index contributed by atoms with van der Waals surface area (Å²) in [4.78, 5) is 11.0.